The molecule has 0 aliphatic carbocycles. The van der Waals surface area contributed by atoms with Crippen molar-refractivity contribution in [1.29, 1.82) is 0 Å². The van der Waals surface area contributed by atoms with Gasteiger partial charge in [0.2, 0.25) is 0 Å². The number of fused-ring (bicyclic) bond motifs is 1. The number of nitrogens with zero attached hydrogens (tertiary/aromatic N) is 5. The standard InChI is InChI=1S/C29H30F2N6O3S/c1-19(29(38,16-36-18-32-17-34-36)25-11-7-22(30)14-26(25)31)37-27-12-8-23(13-20(27)15-33-37)35-41(39,40)24-9-5-21(6-10-24)28(2,3)4/h5-15,17-19,35,38H,16H2,1-4H3. The summed E-state index contributed by atoms with van der Waals surface area (Å²) in [7, 11) is -3.86. The van der Waals surface area contributed by atoms with E-state index in [1.165, 1.54) is 34.3 Å². The van der Waals surface area contributed by atoms with Gasteiger partial charge in [0.05, 0.1) is 29.2 Å². The number of aliphatic hydroxyl groups is 1. The first-order valence-corrected chi connectivity index (χ1v) is 14.4. The highest BCUT2D eigenvalue weighted by Gasteiger charge is 2.41. The third-order valence-electron chi connectivity index (χ3n) is 7.20. The SMILES string of the molecule is CC(n1ncc2cc(NS(=O)(=O)c3ccc(C(C)(C)C)cc3)ccc21)C(O)(Cn1cncn1)c1ccc(F)cc1F. The molecule has 5 rings (SSSR count). The van der Waals surface area contributed by atoms with Gasteiger partial charge in [0.25, 0.3) is 10.0 Å². The van der Waals surface area contributed by atoms with Gasteiger partial charge in [0, 0.05) is 22.7 Å². The summed E-state index contributed by atoms with van der Waals surface area (Å²) in [6.45, 7) is 7.62. The maximum Gasteiger partial charge on any atom is 0.261 e. The average Bonchev–Trinajstić information content (AvgIpc) is 3.57. The van der Waals surface area contributed by atoms with E-state index in [9.17, 15) is 22.3 Å². The molecule has 0 fully saturated rings. The molecule has 0 bridgehead atoms. The molecule has 3 aromatic carbocycles. The summed E-state index contributed by atoms with van der Waals surface area (Å²) >= 11 is 0. The molecule has 0 spiro atoms. The number of sulfonamides is 1. The molecule has 5 aromatic rings. The minimum Gasteiger partial charge on any atom is -0.381 e. The second-order valence-electron chi connectivity index (χ2n) is 11.1. The Kier molecular flexibility index (Phi) is 7.16. The van der Waals surface area contributed by atoms with E-state index in [1.807, 2.05) is 0 Å². The van der Waals surface area contributed by atoms with Crippen molar-refractivity contribution < 1.29 is 22.3 Å². The maximum atomic E-state index is 15.0. The van der Waals surface area contributed by atoms with Gasteiger partial charge in [-0.2, -0.15) is 10.2 Å². The van der Waals surface area contributed by atoms with Crippen LogP contribution < -0.4 is 4.72 Å². The smallest absolute Gasteiger partial charge is 0.261 e. The van der Waals surface area contributed by atoms with Crippen molar-refractivity contribution in [3.05, 3.63) is 102 Å². The molecule has 0 amide bonds. The number of rotatable bonds is 8. The van der Waals surface area contributed by atoms with E-state index >= 15 is 0 Å². The highest BCUT2D eigenvalue weighted by Crippen LogP contribution is 2.38. The van der Waals surface area contributed by atoms with E-state index < -0.39 is 33.3 Å². The van der Waals surface area contributed by atoms with Gasteiger partial charge in [0.1, 0.15) is 29.9 Å². The van der Waals surface area contributed by atoms with Crippen LogP contribution in [0.5, 0.6) is 0 Å². The average molecular weight is 581 g/mol. The summed E-state index contributed by atoms with van der Waals surface area (Å²) < 4.78 is 60.3. The van der Waals surface area contributed by atoms with Crippen LogP contribution in [-0.2, 0) is 27.6 Å². The summed E-state index contributed by atoms with van der Waals surface area (Å²) in [4.78, 5) is 4.03. The lowest BCUT2D eigenvalue weighted by atomic mass is 9.86. The summed E-state index contributed by atoms with van der Waals surface area (Å²) in [5.41, 5.74) is -0.246. The fourth-order valence-electron chi connectivity index (χ4n) is 4.82. The number of nitrogens with one attached hydrogen (secondary N) is 1. The molecule has 2 unspecified atom stereocenters. The van der Waals surface area contributed by atoms with Crippen LogP contribution in [0.4, 0.5) is 14.5 Å². The topological polar surface area (TPSA) is 115 Å². The predicted octanol–water partition coefficient (Wildman–Crippen LogP) is 5.15. The molecule has 12 heteroatoms. The molecule has 0 aliphatic rings. The Bertz CT molecular complexity index is 1800. The van der Waals surface area contributed by atoms with E-state index in [-0.39, 0.29) is 22.4 Å². The van der Waals surface area contributed by atoms with Crippen molar-refractivity contribution >= 4 is 26.6 Å². The minimum absolute atomic E-state index is 0.109. The first-order chi connectivity index (χ1) is 19.3. The summed E-state index contributed by atoms with van der Waals surface area (Å²) in [6, 6.07) is 13.7. The molecule has 214 valence electrons. The van der Waals surface area contributed by atoms with Crippen molar-refractivity contribution in [2.75, 3.05) is 4.72 Å². The van der Waals surface area contributed by atoms with E-state index in [2.05, 4.69) is 40.7 Å². The molecule has 0 aliphatic heterocycles. The van der Waals surface area contributed by atoms with Gasteiger partial charge in [-0.25, -0.2) is 26.9 Å². The molecule has 9 nitrogen and oxygen atoms in total. The normalized spacial score (nSPS) is 14.6. The fraction of sp³-hybridized carbons (Fsp3) is 0.276. The van der Waals surface area contributed by atoms with Crippen LogP contribution in [-0.4, -0.2) is 38.1 Å². The fourth-order valence-corrected chi connectivity index (χ4v) is 5.87. The van der Waals surface area contributed by atoms with Crippen LogP contribution in [0.25, 0.3) is 10.9 Å². The van der Waals surface area contributed by atoms with Crippen LogP contribution in [0, 0.1) is 11.6 Å². The highest BCUT2D eigenvalue weighted by atomic mass is 32.2. The lowest BCUT2D eigenvalue weighted by Crippen LogP contribution is -2.41. The molecular formula is C29H30F2N6O3S. The highest BCUT2D eigenvalue weighted by molar-refractivity contribution is 7.92. The van der Waals surface area contributed by atoms with Crippen LogP contribution in [0.15, 0.2) is 84.4 Å². The Morgan fingerprint density at radius 1 is 1.00 bits per heavy atom. The van der Waals surface area contributed by atoms with Gasteiger partial charge >= 0.3 is 0 Å². The van der Waals surface area contributed by atoms with Crippen LogP contribution >= 0.6 is 0 Å². The van der Waals surface area contributed by atoms with Gasteiger partial charge in [-0.15, -0.1) is 0 Å². The molecule has 2 atom stereocenters. The lowest BCUT2D eigenvalue weighted by Gasteiger charge is -2.35. The first-order valence-electron chi connectivity index (χ1n) is 12.9. The van der Waals surface area contributed by atoms with Gasteiger partial charge < -0.3 is 5.11 Å². The van der Waals surface area contributed by atoms with Crippen molar-refractivity contribution in [3.8, 4) is 0 Å². The largest absolute Gasteiger partial charge is 0.381 e. The monoisotopic (exact) mass is 580 g/mol. The predicted molar refractivity (Wildman–Crippen MR) is 151 cm³/mol. The minimum atomic E-state index is -3.86. The van der Waals surface area contributed by atoms with Gasteiger partial charge in [-0.3, -0.25) is 9.40 Å². The number of anilines is 1. The van der Waals surface area contributed by atoms with Crippen molar-refractivity contribution in [3.63, 3.8) is 0 Å². The number of aromatic nitrogens is 5. The second kappa shape index (κ2) is 10.3. The zero-order valence-corrected chi connectivity index (χ0v) is 23.8. The number of halogens is 2. The Morgan fingerprint density at radius 2 is 1.73 bits per heavy atom. The Balaban J connectivity index is 1.47. The van der Waals surface area contributed by atoms with Crippen molar-refractivity contribution in [1.82, 2.24) is 24.5 Å². The Hall–Kier alpha value is -4.16. The molecule has 41 heavy (non-hydrogen) atoms. The summed E-state index contributed by atoms with van der Waals surface area (Å²) in [6.07, 6.45) is 4.20. The molecule has 0 saturated carbocycles. The first kappa shape index (κ1) is 28.4. The molecule has 0 radical (unpaired) electrons. The summed E-state index contributed by atoms with van der Waals surface area (Å²) in [5, 5.41) is 21.0. The Morgan fingerprint density at radius 3 is 2.37 bits per heavy atom. The molecule has 2 aromatic heterocycles. The van der Waals surface area contributed by atoms with E-state index in [0.717, 1.165) is 11.6 Å². The van der Waals surface area contributed by atoms with E-state index in [0.29, 0.717) is 22.7 Å². The molecule has 2 heterocycles. The number of benzene rings is 3. The van der Waals surface area contributed by atoms with Crippen molar-refractivity contribution in [2.45, 2.75) is 56.2 Å². The molecule has 0 saturated heterocycles. The summed E-state index contributed by atoms with van der Waals surface area (Å²) in [5.74, 6) is -1.69. The quantitative estimate of drug-likeness (QED) is 0.262. The third-order valence-corrected chi connectivity index (χ3v) is 8.60. The zero-order chi connectivity index (χ0) is 29.6. The number of hydrogen-bond acceptors (Lipinski definition) is 6. The zero-order valence-electron chi connectivity index (χ0n) is 23.0. The molecule has 2 N–H and O–H groups in total. The Labute approximate surface area is 236 Å². The van der Waals surface area contributed by atoms with Crippen LogP contribution in [0.2, 0.25) is 0 Å². The van der Waals surface area contributed by atoms with E-state index in [1.54, 1.807) is 49.4 Å². The second-order valence-corrected chi connectivity index (χ2v) is 12.7. The lowest BCUT2D eigenvalue weighted by molar-refractivity contribution is -0.0354. The van der Waals surface area contributed by atoms with Gasteiger partial charge in [-0.1, -0.05) is 39.0 Å². The van der Waals surface area contributed by atoms with E-state index in [4.69, 9.17) is 0 Å². The maximum absolute atomic E-state index is 15.0. The van der Waals surface area contributed by atoms with Crippen LogP contribution in [0.1, 0.15) is 44.9 Å². The number of hydrogen-bond donors (Lipinski definition) is 2. The van der Waals surface area contributed by atoms with Crippen molar-refractivity contribution in [2.24, 2.45) is 0 Å². The molecular weight excluding hydrogens is 550 g/mol. The van der Waals surface area contributed by atoms with Gasteiger partial charge in [-0.05, 0) is 54.3 Å². The third kappa shape index (κ3) is 5.57. The van der Waals surface area contributed by atoms with Crippen LogP contribution in [0.3, 0.4) is 0 Å². The van der Waals surface area contributed by atoms with Gasteiger partial charge in [0.15, 0.2) is 0 Å².